The Morgan fingerprint density at radius 3 is 2.72 bits per heavy atom. The zero-order valence-corrected chi connectivity index (χ0v) is 11.8. The molecular weight excluding hydrogens is 248 g/mol. The van der Waals surface area contributed by atoms with Gasteiger partial charge in [0.05, 0.1) is 23.6 Å². The Hall–Kier alpha value is -1.24. The van der Waals surface area contributed by atoms with E-state index in [2.05, 4.69) is 11.4 Å². The molecule has 0 saturated heterocycles. The van der Waals surface area contributed by atoms with Crippen molar-refractivity contribution in [2.75, 3.05) is 20.2 Å². The number of nitrogens with zero attached hydrogens (tertiary/aromatic N) is 1. The van der Waals surface area contributed by atoms with Crippen molar-refractivity contribution in [2.24, 2.45) is 5.41 Å². The predicted molar refractivity (Wildman–Crippen MR) is 74.0 cm³/mol. The quantitative estimate of drug-likeness (QED) is 0.805. The molecule has 1 aromatic carbocycles. The summed E-state index contributed by atoms with van der Waals surface area (Å²) in [6.07, 6.45) is 0.880. The number of benzene rings is 1. The van der Waals surface area contributed by atoms with Gasteiger partial charge in [-0.3, -0.25) is 0 Å². The third kappa shape index (κ3) is 4.56. The van der Waals surface area contributed by atoms with Gasteiger partial charge in [-0.2, -0.15) is 5.26 Å². The molecular formula is C14H19ClN2O. The zero-order chi connectivity index (χ0) is 13.6. The Morgan fingerprint density at radius 1 is 1.44 bits per heavy atom. The van der Waals surface area contributed by atoms with Crippen LogP contribution < -0.4 is 10.1 Å². The van der Waals surface area contributed by atoms with Crippen LogP contribution in [0.2, 0.25) is 5.02 Å². The van der Waals surface area contributed by atoms with Crippen LogP contribution in [0.25, 0.3) is 0 Å². The second-order valence-electron chi connectivity index (χ2n) is 4.89. The van der Waals surface area contributed by atoms with Crippen molar-refractivity contribution in [1.29, 1.82) is 5.26 Å². The number of ether oxygens (including phenoxy) is 1. The predicted octanol–water partition coefficient (Wildman–Crippen LogP) is 3.03. The molecule has 98 valence electrons. The minimum absolute atomic E-state index is 0.322. The molecule has 0 aliphatic carbocycles. The molecule has 1 N–H and O–H groups in total. The van der Waals surface area contributed by atoms with E-state index in [4.69, 9.17) is 21.6 Å². The first-order valence-corrected chi connectivity index (χ1v) is 6.31. The molecule has 0 atom stereocenters. The van der Waals surface area contributed by atoms with Gasteiger partial charge in [0.1, 0.15) is 5.75 Å². The van der Waals surface area contributed by atoms with Crippen LogP contribution in [0.15, 0.2) is 18.2 Å². The van der Waals surface area contributed by atoms with Crippen LogP contribution in [0.4, 0.5) is 0 Å². The molecule has 0 bridgehead atoms. The highest BCUT2D eigenvalue weighted by Crippen LogP contribution is 2.24. The number of nitriles is 1. The highest BCUT2D eigenvalue weighted by atomic mass is 35.5. The number of nitrogens with one attached hydrogen (secondary N) is 1. The summed E-state index contributed by atoms with van der Waals surface area (Å²) in [5.74, 6) is 0.694. The van der Waals surface area contributed by atoms with Crippen LogP contribution in [-0.4, -0.2) is 20.2 Å². The summed E-state index contributed by atoms with van der Waals surface area (Å²) >= 11 is 6.05. The van der Waals surface area contributed by atoms with E-state index in [1.165, 1.54) is 0 Å². The van der Waals surface area contributed by atoms with E-state index >= 15 is 0 Å². The van der Waals surface area contributed by atoms with Gasteiger partial charge in [0.15, 0.2) is 0 Å². The second kappa shape index (κ2) is 6.63. The Morgan fingerprint density at radius 2 is 2.17 bits per heavy atom. The largest absolute Gasteiger partial charge is 0.495 e. The van der Waals surface area contributed by atoms with Crippen LogP contribution in [-0.2, 0) is 6.42 Å². The standard InChI is InChI=1S/C14H19ClN2O/c1-14(2,9-16)10-17-7-6-11-4-5-13(18-3)12(15)8-11/h4-5,8,17H,6-7,10H2,1-3H3. The summed E-state index contributed by atoms with van der Waals surface area (Å²) < 4.78 is 5.10. The van der Waals surface area contributed by atoms with Crippen LogP contribution in [0, 0.1) is 16.7 Å². The molecule has 0 radical (unpaired) electrons. The zero-order valence-electron chi connectivity index (χ0n) is 11.1. The Balaban J connectivity index is 2.41. The summed E-state index contributed by atoms with van der Waals surface area (Å²) in [7, 11) is 1.60. The molecule has 0 aliphatic heterocycles. The molecule has 0 heterocycles. The van der Waals surface area contributed by atoms with Crippen molar-refractivity contribution in [3.8, 4) is 11.8 Å². The molecule has 0 aromatic heterocycles. The van der Waals surface area contributed by atoms with Crippen LogP contribution in [0.3, 0.4) is 0 Å². The van der Waals surface area contributed by atoms with Crippen molar-refractivity contribution < 1.29 is 4.74 Å². The van der Waals surface area contributed by atoms with Crippen LogP contribution >= 0.6 is 11.6 Å². The average molecular weight is 267 g/mol. The minimum atomic E-state index is -0.322. The second-order valence-corrected chi connectivity index (χ2v) is 5.30. The van der Waals surface area contributed by atoms with Gasteiger partial charge in [-0.25, -0.2) is 0 Å². The highest BCUT2D eigenvalue weighted by molar-refractivity contribution is 6.32. The number of hydrogen-bond donors (Lipinski definition) is 1. The van der Waals surface area contributed by atoms with E-state index in [9.17, 15) is 0 Å². The van der Waals surface area contributed by atoms with E-state index < -0.39 is 0 Å². The molecule has 3 nitrogen and oxygen atoms in total. The SMILES string of the molecule is COc1ccc(CCNCC(C)(C)C#N)cc1Cl. The van der Waals surface area contributed by atoms with E-state index in [1.807, 2.05) is 32.0 Å². The van der Waals surface area contributed by atoms with Crippen molar-refractivity contribution in [3.05, 3.63) is 28.8 Å². The number of halogens is 1. The maximum atomic E-state index is 8.88. The van der Waals surface area contributed by atoms with E-state index in [-0.39, 0.29) is 5.41 Å². The molecule has 0 spiro atoms. The molecule has 4 heteroatoms. The molecule has 0 fully saturated rings. The first-order valence-electron chi connectivity index (χ1n) is 5.93. The molecule has 0 unspecified atom stereocenters. The molecule has 18 heavy (non-hydrogen) atoms. The number of rotatable bonds is 6. The third-order valence-electron chi connectivity index (χ3n) is 2.68. The Bertz CT molecular complexity index is 438. The summed E-state index contributed by atoms with van der Waals surface area (Å²) in [5.41, 5.74) is 0.834. The average Bonchev–Trinajstić information content (AvgIpc) is 2.35. The summed E-state index contributed by atoms with van der Waals surface area (Å²) in [6.45, 7) is 5.36. The van der Waals surface area contributed by atoms with E-state index in [0.29, 0.717) is 17.3 Å². The third-order valence-corrected chi connectivity index (χ3v) is 2.97. The van der Waals surface area contributed by atoms with Crippen molar-refractivity contribution in [1.82, 2.24) is 5.32 Å². The van der Waals surface area contributed by atoms with Gasteiger partial charge in [0.2, 0.25) is 0 Å². The first-order chi connectivity index (χ1) is 8.48. The number of hydrogen-bond acceptors (Lipinski definition) is 3. The van der Waals surface area contributed by atoms with Gasteiger partial charge < -0.3 is 10.1 Å². The van der Waals surface area contributed by atoms with Gasteiger partial charge in [0.25, 0.3) is 0 Å². The Kier molecular flexibility index (Phi) is 5.46. The lowest BCUT2D eigenvalue weighted by Gasteiger charge is -2.15. The van der Waals surface area contributed by atoms with Crippen molar-refractivity contribution >= 4 is 11.6 Å². The van der Waals surface area contributed by atoms with Gasteiger partial charge >= 0.3 is 0 Å². The van der Waals surface area contributed by atoms with Gasteiger partial charge in [0, 0.05) is 6.54 Å². The lowest BCUT2D eigenvalue weighted by molar-refractivity contribution is 0.415. The maximum Gasteiger partial charge on any atom is 0.137 e. The van der Waals surface area contributed by atoms with Gasteiger partial charge in [-0.15, -0.1) is 0 Å². The molecule has 0 saturated carbocycles. The fraction of sp³-hybridized carbons (Fsp3) is 0.500. The summed E-state index contributed by atoms with van der Waals surface area (Å²) in [4.78, 5) is 0. The minimum Gasteiger partial charge on any atom is -0.495 e. The topological polar surface area (TPSA) is 45.0 Å². The fourth-order valence-corrected chi connectivity index (χ4v) is 1.82. The van der Waals surface area contributed by atoms with Gasteiger partial charge in [-0.05, 0) is 44.5 Å². The van der Waals surface area contributed by atoms with Crippen LogP contribution in [0.1, 0.15) is 19.4 Å². The maximum absolute atomic E-state index is 8.88. The number of methoxy groups -OCH3 is 1. The highest BCUT2D eigenvalue weighted by Gasteiger charge is 2.15. The molecule has 1 aromatic rings. The monoisotopic (exact) mass is 266 g/mol. The fourth-order valence-electron chi connectivity index (χ4n) is 1.54. The normalized spacial score (nSPS) is 11.1. The van der Waals surface area contributed by atoms with E-state index in [0.717, 1.165) is 18.5 Å². The van der Waals surface area contributed by atoms with Gasteiger partial charge in [-0.1, -0.05) is 17.7 Å². The van der Waals surface area contributed by atoms with E-state index in [1.54, 1.807) is 7.11 Å². The van der Waals surface area contributed by atoms with Crippen molar-refractivity contribution in [3.63, 3.8) is 0 Å². The summed E-state index contributed by atoms with van der Waals surface area (Å²) in [6, 6.07) is 8.05. The molecule has 0 aliphatic rings. The molecule has 0 amide bonds. The summed E-state index contributed by atoms with van der Waals surface area (Å²) in [5, 5.41) is 12.8. The lowest BCUT2D eigenvalue weighted by Crippen LogP contribution is -2.29. The smallest absolute Gasteiger partial charge is 0.137 e. The lowest BCUT2D eigenvalue weighted by atomic mass is 9.96. The Labute approximate surface area is 114 Å². The van der Waals surface area contributed by atoms with Crippen molar-refractivity contribution in [2.45, 2.75) is 20.3 Å². The first kappa shape index (κ1) is 14.8. The van der Waals surface area contributed by atoms with Crippen LogP contribution in [0.5, 0.6) is 5.75 Å². The molecule has 1 rings (SSSR count).